The molecule has 0 aromatic heterocycles. The molecule has 0 N–H and O–H groups in total. The second kappa shape index (κ2) is 14.5. The molecule has 0 amide bonds. The normalized spacial score (nSPS) is 21.9. The summed E-state index contributed by atoms with van der Waals surface area (Å²) in [5.41, 5.74) is -0.218. The number of benzene rings is 2. The van der Waals surface area contributed by atoms with Crippen LogP contribution in [0.3, 0.4) is 0 Å². The molecule has 1 saturated heterocycles. The van der Waals surface area contributed by atoms with Crippen molar-refractivity contribution in [3.8, 4) is 5.75 Å². The zero-order valence-electron chi connectivity index (χ0n) is 29.9. The number of rotatable bonds is 11. The first-order valence-electron chi connectivity index (χ1n) is 17.0. The molecule has 48 heavy (non-hydrogen) atoms. The van der Waals surface area contributed by atoms with E-state index in [0.717, 1.165) is 29.7 Å². The van der Waals surface area contributed by atoms with Crippen molar-refractivity contribution in [2.24, 2.45) is 11.3 Å². The maximum atomic E-state index is 15.6. The van der Waals surface area contributed by atoms with E-state index in [1.54, 1.807) is 13.2 Å². The molecular formula is C39H53F4NO4. The van der Waals surface area contributed by atoms with Crippen LogP contribution in [-0.4, -0.2) is 55.1 Å². The van der Waals surface area contributed by atoms with Gasteiger partial charge in [-0.1, -0.05) is 30.3 Å². The second-order valence-electron chi connectivity index (χ2n) is 15.9. The number of hydrogen-bond acceptors (Lipinski definition) is 5. The van der Waals surface area contributed by atoms with Gasteiger partial charge < -0.3 is 14.2 Å². The predicted octanol–water partition coefficient (Wildman–Crippen LogP) is 9.67. The number of allylic oxidation sites excluding steroid dienone is 2. The molecule has 0 bridgehead atoms. The van der Waals surface area contributed by atoms with E-state index < -0.39 is 28.6 Å². The zero-order chi connectivity index (χ0) is 35.5. The van der Waals surface area contributed by atoms with Crippen molar-refractivity contribution in [2.45, 2.75) is 116 Å². The van der Waals surface area contributed by atoms with Crippen LogP contribution in [0.2, 0.25) is 0 Å². The van der Waals surface area contributed by atoms with E-state index in [4.69, 9.17) is 14.2 Å². The Morgan fingerprint density at radius 1 is 1.04 bits per heavy atom. The fraction of sp³-hybridized carbons (Fsp3) is 0.615. The Kier molecular flexibility index (Phi) is 11.5. The van der Waals surface area contributed by atoms with Crippen molar-refractivity contribution in [3.05, 3.63) is 71.0 Å². The third kappa shape index (κ3) is 9.62. The Bertz CT molecular complexity index is 1440. The minimum Gasteiger partial charge on any atom is -0.497 e. The molecule has 0 unspecified atom stereocenters. The van der Waals surface area contributed by atoms with Crippen LogP contribution in [0.4, 0.5) is 17.6 Å². The average molecular weight is 676 g/mol. The molecule has 9 heteroatoms. The molecule has 0 saturated carbocycles. The number of esters is 1. The van der Waals surface area contributed by atoms with Crippen molar-refractivity contribution in [3.63, 3.8) is 0 Å². The number of carbonyl (C=O) groups is 1. The Balaban J connectivity index is 1.56. The molecular weight excluding hydrogens is 622 g/mol. The van der Waals surface area contributed by atoms with Crippen LogP contribution in [0, 0.1) is 17.2 Å². The summed E-state index contributed by atoms with van der Waals surface area (Å²) in [6.45, 7) is 12.9. The largest absolute Gasteiger partial charge is 0.497 e. The van der Waals surface area contributed by atoms with Crippen LogP contribution in [0.15, 0.2) is 48.5 Å². The van der Waals surface area contributed by atoms with Gasteiger partial charge in [0.15, 0.2) is 0 Å². The number of alkyl halides is 3. The Labute approximate surface area is 284 Å². The molecule has 2 aliphatic rings. The monoisotopic (exact) mass is 675 g/mol. The average Bonchev–Trinajstić information content (AvgIpc) is 2.98. The van der Waals surface area contributed by atoms with Gasteiger partial charge >= 0.3 is 12.1 Å². The van der Waals surface area contributed by atoms with E-state index in [1.165, 1.54) is 19.9 Å². The van der Waals surface area contributed by atoms with Gasteiger partial charge in [-0.25, -0.2) is 4.39 Å². The van der Waals surface area contributed by atoms with Crippen LogP contribution in [0.25, 0.3) is 5.57 Å². The van der Waals surface area contributed by atoms with Gasteiger partial charge in [0.1, 0.15) is 17.2 Å². The summed E-state index contributed by atoms with van der Waals surface area (Å²) in [5.74, 6) is -0.173. The van der Waals surface area contributed by atoms with Crippen LogP contribution < -0.4 is 4.74 Å². The summed E-state index contributed by atoms with van der Waals surface area (Å²) < 4.78 is 75.1. The molecule has 4 rings (SSSR count). The highest BCUT2D eigenvalue weighted by Gasteiger charge is 2.48. The van der Waals surface area contributed by atoms with Crippen molar-refractivity contribution in [1.29, 1.82) is 0 Å². The number of halogens is 4. The second-order valence-corrected chi connectivity index (χ2v) is 15.9. The smallest absolute Gasteiger partial charge is 0.395 e. The lowest BCUT2D eigenvalue weighted by molar-refractivity contribution is -0.217. The van der Waals surface area contributed by atoms with Crippen LogP contribution in [0.1, 0.15) is 104 Å². The minimum atomic E-state index is -4.40. The number of nitrogens with zero attached hydrogens (tertiary/aromatic N) is 1. The first-order chi connectivity index (χ1) is 22.2. The maximum absolute atomic E-state index is 15.6. The molecule has 1 aliphatic heterocycles. The summed E-state index contributed by atoms with van der Waals surface area (Å²) in [5, 5.41) is 0. The molecule has 2 aromatic carbocycles. The predicted molar refractivity (Wildman–Crippen MR) is 181 cm³/mol. The van der Waals surface area contributed by atoms with E-state index in [2.05, 4.69) is 13.8 Å². The van der Waals surface area contributed by atoms with Crippen molar-refractivity contribution in [1.82, 2.24) is 4.90 Å². The number of carbonyl (C=O) groups excluding carboxylic acids is 1. The Hall–Kier alpha value is -2.91. The summed E-state index contributed by atoms with van der Waals surface area (Å²) in [4.78, 5) is 14.4. The number of ether oxygens (including phenoxy) is 3. The molecule has 0 spiro atoms. The Morgan fingerprint density at radius 2 is 1.73 bits per heavy atom. The fourth-order valence-corrected chi connectivity index (χ4v) is 7.11. The highest BCUT2D eigenvalue weighted by molar-refractivity contribution is 5.76. The standard InChI is InChI=1S/C39H53F4NO4/c1-35(2,3)48-34(45)29-12-10-28(11-13-29)32-18-9-27(23-33(32)40)24-44(26-36(4,5)39(41,42)43)21-19-38(20-22-47-37(6,7)25-38)30-14-16-31(46-8)17-15-30/h9-10,14-18,23,29H,11-13,19-22,24-26H2,1-8H3/t29-,38-/m1/s1. The maximum Gasteiger partial charge on any atom is 0.395 e. The molecule has 0 radical (unpaired) electrons. The molecule has 5 nitrogen and oxygen atoms in total. The van der Waals surface area contributed by atoms with Gasteiger partial charge in [0, 0.05) is 30.7 Å². The van der Waals surface area contributed by atoms with Gasteiger partial charge in [-0.05, 0) is 128 Å². The topological polar surface area (TPSA) is 48.0 Å². The first-order valence-corrected chi connectivity index (χ1v) is 17.0. The Morgan fingerprint density at radius 3 is 2.27 bits per heavy atom. The summed E-state index contributed by atoms with van der Waals surface area (Å²) in [6.07, 6.45) is 1.17. The molecule has 1 heterocycles. The van der Waals surface area contributed by atoms with Crippen LogP contribution in [-0.2, 0) is 26.2 Å². The number of hydrogen-bond donors (Lipinski definition) is 0. The van der Waals surface area contributed by atoms with Gasteiger partial charge in [-0.15, -0.1) is 0 Å². The lowest BCUT2D eigenvalue weighted by Crippen LogP contribution is -2.47. The quantitative estimate of drug-likeness (QED) is 0.175. The van der Waals surface area contributed by atoms with E-state index >= 15 is 4.39 Å². The highest BCUT2D eigenvalue weighted by Crippen LogP contribution is 2.45. The summed E-state index contributed by atoms with van der Waals surface area (Å²) in [6, 6.07) is 12.9. The summed E-state index contributed by atoms with van der Waals surface area (Å²) in [7, 11) is 1.62. The zero-order valence-corrected chi connectivity index (χ0v) is 29.9. The van der Waals surface area contributed by atoms with E-state index in [1.807, 2.05) is 62.1 Å². The molecule has 1 fully saturated rings. The van der Waals surface area contributed by atoms with Gasteiger partial charge in [-0.3, -0.25) is 9.69 Å². The van der Waals surface area contributed by atoms with Gasteiger partial charge in [0.25, 0.3) is 0 Å². The molecule has 266 valence electrons. The van der Waals surface area contributed by atoms with Crippen molar-refractivity contribution in [2.75, 3.05) is 26.8 Å². The SMILES string of the molecule is COc1ccc([C@]2(CCN(Cc3ccc(C4=CC[C@@H](C(=O)OC(C)(C)C)CC4)c(F)c3)CC(C)(C)C(F)(F)F)CCOC(C)(C)C2)cc1. The van der Waals surface area contributed by atoms with E-state index in [0.29, 0.717) is 50.0 Å². The van der Waals surface area contributed by atoms with E-state index in [9.17, 15) is 18.0 Å². The summed E-state index contributed by atoms with van der Waals surface area (Å²) >= 11 is 0. The van der Waals surface area contributed by atoms with Gasteiger partial charge in [-0.2, -0.15) is 13.2 Å². The molecule has 2 aromatic rings. The van der Waals surface area contributed by atoms with Gasteiger partial charge in [0.2, 0.25) is 0 Å². The van der Waals surface area contributed by atoms with Crippen LogP contribution >= 0.6 is 0 Å². The lowest BCUT2D eigenvalue weighted by atomic mass is 9.67. The fourth-order valence-electron chi connectivity index (χ4n) is 7.11. The first kappa shape index (κ1) is 37.9. The minimum absolute atomic E-state index is 0.176. The number of methoxy groups -OCH3 is 1. The lowest BCUT2D eigenvalue weighted by Gasteiger charge is -2.46. The van der Waals surface area contributed by atoms with Crippen molar-refractivity contribution >= 4 is 11.5 Å². The molecule has 2 atom stereocenters. The van der Waals surface area contributed by atoms with E-state index in [-0.39, 0.29) is 30.4 Å². The third-order valence-electron chi connectivity index (χ3n) is 9.77. The third-order valence-corrected chi connectivity index (χ3v) is 9.77. The molecule has 1 aliphatic carbocycles. The van der Waals surface area contributed by atoms with Crippen molar-refractivity contribution < 1.29 is 36.6 Å². The van der Waals surface area contributed by atoms with Gasteiger partial charge in [0.05, 0.1) is 24.0 Å². The van der Waals surface area contributed by atoms with Crippen LogP contribution in [0.5, 0.6) is 5.75 Å². The highest BCUT2D eigenvalue weighted by atomic mass is 19.4.